The molecular weight excluding hydrogens is 438 g/mol. The van der Waals surface area contributed by atoms with Crippen molar-refractivity contribution in [2.24, 2.45) is 0 Å². The van der Waals surface area contributed by atoms with Crippen LogP contribution >= 0.6 is 0 Å². The maximum atomic E-state index is 13.5. The van der Waals surface area contributed by atoms with Crippen LogP contribution in [0.2, 0.25) is 0 Å². The largest absolute Gasteiger partial charge is 0.457 e. The van der Waals surface area contributed by atoms with Crippen LogP contribution in [0.3, 0.4) is 0 Å². The van der Waals surface area contributed by atoms with Gasteiger partial charge in [0.1, 0.15) is 0 Å². The molecular formula is C26H25NO5S. The number of carbonyl (C=O) groups excluding carboxylic acids is 2. The number of rotatable bonds is 7. The second-order valence-electron chi connectivity index (χ2n) is 8.05. The molecule has 1 atom stereocenters. The molecule has 0 bridgehead atoms. The fraction of sp³-hybridized carbons (Fsp3) is 0.231. The fourth-order valence-electron chi connectivity index (χ4n) is 4.04. The zero-order chi connectivity index (χ0) is 23.4. The molecule has 33 heavy (non-hydrogen) atoms. The van der Waals surface area contributed by atoms with E-state index in [-0.39, 0.29) is 30.3 Å². The Morgan fingerprint density at radius 1 is 0.939 bits per heavy atom. The number of carbonyl (C=O) groups is 2. The Morgan fingerprint density at radius 2 is 1.61 bits per heavy atom. The Kier molecular flexibility index (Phi) is 6.72. The minimum absolute atomic E-state index is 0.176. The number of nitrogens with zero attached hydrogens (tertiary/aromatic N) is 1. The highest BCUT2D eigenvalue weighted by Gasteiger charge is 2.37. The lowest BCUT2D eigenvalue weighted by atomic mass is 9.92. The fourth-order valence-corrected chi connectivity index (χ4v) is 5.65. The highest BCUT2D eigenvalue weighted by atomic mass is 32.2. The summed E-state index contributed by atoms with van der Waals surface area (Å²) in [5.74, 6) is -0.929. The molecule has 3 aromatic rings. The second-order valence-corrected chi connectivity index (χ2v) is 9.94. The third kappa shape index (κ3) is 5.05. The summed E-state index contributed by atoms with van der Waals surface area (Å²) in [6.45, 7) is 1.76. The van der Waals surface area contributed by atoms with Gasteiger partial charge in [-0.15, -0.1) is 0 Å². The van der Waals surface area contributed by atoms with Gasteiger partial charge in [0.2, 0.25) is 10.0 Å². The van der Waals surface area contributed by atoms with Crippen LogP contribution in [0.15, 0.2) is 83.8 Å². The predicted octanol–water partition coefficient (Wildman–Crippen LogP) is 4.10. The van der Waals surface area contributed by atoms with E-state index in [0.717, 1.165) is 16.7 Å². The summed E-state index contributed by atoms with van der Waals surface area (Å²) in [5, 5.41) is 0. The van der Waals surface area contributed by atoms with Gasteiger partial charge in [0.25, 0.3) is 0 Å². The van der Waals surface area contributed by atoms with Crippen LogP contribution < -0.4 is 0 Å². The molecule has 0 saturated carbocycles. The Morgan fingerprint density at radius 3 is 2.33 bits per heavy atom. The minimum Gasteiger partial charge on any atom is -0.457 e. The van der Waals surface area contributed by atoms with E-state index in [1.54, 1.807) is 54.6 Å². The molecule has 6 nitrogen and oxygen atoms in total. The maximum absolute atomic E-state index is 13.5. The van der Waals surface area contributed by atoms with Gasteiger partial charge in [-0.25, -0.2) is 8.42 Å². The number of ketones is 1. The van der Waals surface area contributed by atoms with Crippen molar-refractivity contribution in [3.63, 3.8) is 0 Å². The number of aryl methyl sites for hydroxylation is 1. The van der Waals surface area contributed by atoms with Crippen molar-refractivity contribution in [1.29, 1.82) is 0 Å². The summed E-state index contributed by atoms with van der Waals surface area (Å²) in [6.07, 6.45) is 0.378. The molecule has 0 radical (unpaired) electrons. The molecule has 1 aliphatic rings. The summed E-state index contributed by atoms with van der Waals surface area (Å²) >= 11 is 0. The smallest absolute Gasteiger partial charge is 0.308 e. The van der Waals surface area contributed by atoms with E-state index in [9.17, 15) is 18.0 Å². The van der Waals surface area contributed by atoms with Gasteiger partial charge in [-0.05, 0) is 36.6 Å². The van der Waals surface area contributed by atoms with Gasteiger partial charge in [0, 0.05) is 12.1 Å². The molecule has 7 heteroatoms. The molecule has 1 heterocycles. The average molecular weight is 464 g/mol. The van der Waals surface area contributed by atoms with Gasteiger partial charge in [-0.1, -0.05) is 72.3 Å². The van der Waals surface area contributed by atoms with E-state index in [0.29, 0.717) is 12.0 Å². The van der Waals surface area contributed by atoms with Crippen molar-refractivity contribution >= 4 is 21.8 Å². The molecule has 0 N–H and O–H groups in total. The van der Waals surface area contributed by atoms with Crippen molar-refractivity contribution in [1.82, 2.24) is 4.31 Å². The van der Waals surface area contributed by atoms with Crippen LogP contribution in [-0.2, 0) is 26.0 Å². The summed E-state index contributed by atoms with van der Waals surface area (Å²) in [6, 6.07) is 22.1. The zero-order valence-corrected chi connectivity index (χ0v) is 19.1. The van der Waals surface area contributed by atoms with Crippen molar-refractivity contribution < 1.29 is 22.7 Å². The van der Waals surface area contributed by atoms with Crippen LogP contribution in [0.1, 0.15) is 39.5 Å². The number of sulfonamides is 1. The average Bonchev–Trinajstić information content (AvgIpc) is 2.83. The Balaban J connectivity index is 1.56. The normalized spacial score (nSPS) is 16.1. The van der Waals surface area contributed by atoms with Gasteiger partial charge in [-0.3, -0.25) is 9.59 Å². The van der Waals surface area contributed by atoms with Gasteiger partial charge in [0.15, 0.2) is 12.4 Å². The molecule has 170 valence electrons. The van der Waals surface area contributed by atoms with E-state index in [1.165, 1.54) is 4.31 Å². The van der Waals surface area contributed by atoms with Crippen molar-refractivity contribution in [2.75, 3.05) is 13.2 Å². The summed E-state index contributed by atoms with van der Waals surface area (Å²) < 4.78 is 33.6. The van der Waals surface area contributed by atoms with Gasteiger partial charge in [0.05, 0.1) is 17.4 Å². The number of ether oxygens (including phenoxy) is 1. The first-order chi connectivity index (χ1) is 15.9. The van der Waals surface area contributed by atoms with E-state index >= 15 is 0 Å². The third-order valence-electron chi connectivity index (χ3n) is 5.81. The van der Waals surface area contributed by atoms with Gasteiger partial charge >= 0.3 is 5.97 Å². The molecule has 4 rings (SSSR count). The molecule has 0 aromatic heterocycles. The van der Waals surface area contributed by atoms with E-state index in [4.69, 9.17) is 4.74 Å². The standard InChI is InChI=1S/C26H25NO5S/c1-19-11-13-22(14-12-19)33(30,31)27-16-15-20-7-5-6-10-23(20)24(27)17-26(29)32-18-25(28)21-8-3-2-4-9-21/h2-14,24H,15-18H2,1H3. The highest BCUT2D eigenvalue weighted by Crippen LogP contribution is 2.36. The second kappa shape index (κ2) is 9.68. The first-order valence-electron chi connectivity index (χ1n) is 10.8. The van der Waals surface area contributed by atoms with Crippen LogP contribution in [0.5, 0.6) is 0 Å². The van der Waals surface area contributed by atoms with Crippen LogP contribution in [0, 0.1) is 6.92 Å². The van der Waals surface area contributed by atoms with E-state index in [2.05, 4.69) is 0 Å². The highest BCUT2D eigenvalue weighted by molar-refractivity contribution is 7.89. The Bertz CT molecular complexity index is 1250. The molecule has 1 unspecified atom stereocenters. The number of benzene rings is 3. The molecule has 3 aromatic carbocycles. The topological polar surface area (TPSA) is 80.8 Å². The Hall–Kier alpha value is -3.29. The quantitative estimate of drug-likeness (QED) is 0.389. The molecule has 0 saturated heterocycles. The van der Waals surface area contributed by atoms with Crippen molar-refractivity contribution in [3.8, 4) is 0 Å². The number of hydrogen-bond acceptors (Lipinski definition) is 5. The van der Waals surface area contributed by atoms with Crippen molar-refractivity contribution in [3.05, 3.63) is 101 Å². The third-order valence-corrected chi connectivity index (χ3v) is 7.73. The number of hydrogen-bond donors (Lipinski definition) is 0. The first-order valence-corrected chi connectivity index (χ1v) is 12.2. The lowest BCUT2D eigenvalue weighted by Crippen LogP contribution is -2.41. The van der Waals surface area contributed by atoms with E-state index < -0.39 is 22.0 Å². The van der Waals surface area contributed by atoms with Crippen molar-refractivity contribution in [2.45, 2.75) is 30.7 Å². The number of esters is 1. The zero-order valence-electron chi connectivity index (χ0n) is 18.3. The van der Waals surface area contributed by atoms with Crippen LogP contribution in [-0.4, -0.2) is 37.6 Å². The summed E-state index contributed by atoms with van der Waals surface area (Å²) in [7, 11) is -3.83. The SMILES string of the molecule is Cc1ccc(S(=O)(=O)N2CCc3ccccc3C2CC(=O)OCC(=O)c2ccccc2)cc1. The number of fused-ring (bicyclic) bond motifs is 1. The number of Topliss-reactive ketones (excluding diaryl/α,β-unsaturated/α-hetero) is 1. The van der Waals surface area contributed by atoms with Gasteiger partial charge in [-0.2, -0.15) is 4.31 Å². The van der Waals surface area contributed by atoms with Crippen LogP contribution in [0.4, 0.5) is 0 Å². The molecule has 0 amide bonds. The lowest BCUT2D eigenvalue weighted by Gasteiger charge is -2.36. The van der Waals surface area contributed by atoms with Gasteiger partial charge < -0.3 is 4.74 Å². The molecule has 0 fully saturated rings. The predicted molar refractivity (Wildman–Crippen MR) is 124 cm³/mol. The summed E-state index contributed by atoms with van der Waals surface area (Å²) in [5.41, 5.74) is 3.20. The minimum atomic E-state index is -3.83. The molecule has 0 spiro atoms. The Labute approximate surface area is 193 Å². The molecule has 0 aliphatic carbocycles. The summed E-state index contributed by atoms with van der Waals surface area (Å²) in [4.78, 5) is 25.2. The monoisotopic (exact) mass is 463 g/mol. The first kappa shape index (κ1) is 22.9. The van der Waals surface area contributed by atoms with E-state index in [1.807, 2.05) is 31.2 Å². The molecule has 1 aliphatic heterocycles. The van der Waals surface area contributed by atoms with Crippen LogP contribution in [0.25, 0.3) is 0 Å². The lowest BCUT2D eigenvalue weighted by molar-refractivity contribution is -0.143. The maximum Gasteiger partial charge on any atom is 0.308 e.